The SMILES string of the molecule is NCCCC1CN(Cc2ccc(F)cc2)C(=O)O1. The number of hydrogen-bond acceptors (Lipinski definition) is 3. The second-order valence-electron chi connectivity index (χ2n) is 4.44. The van der Waals surface area contributed by atoms with Crippen molar-refractivity contribution in [3.05, 3.63) is 35.6 Å². The number of halogens is 1. The molecule has 1 fully saturated rings. The van der Waals surface area contributed by atoms with Gasteiger partial charge in [0.25, 0.3) is 0 Å². The minimum Gasteiger partial charge on any atom is -0.444 e. The molecule has 18 heavy (non-hydrogen) atoms. The molecule has 4 nitrogen and oxygen atoms in total. The number of rotatable bonds is 5. The first kappa shape index (κ1) is 12.8. The Balaban J connectivity index is 1.90. The highest BCUT2D eigenvalue weighted by molar-refractivity contribution is 5.69. The molecule has 1 unspecified atom stereocenters. The molecule has 0 bridgehead atoms. The number of hydrogen-bond donors (Lipinski definition) is 1. The van der Waals surface area contributed by atoms with Gasteiger partial charge in [0.05, 0.1) is 6.54 Å². The third-order valence-electron chi connectivity index (χ3n) is 2.97. The second-order valence-corrected chi connectivity index (χ2v) is 4.44. The van der Waals surface area contributed by atoms with Gasteiger partial charge >= 0.3 is 6.09 Å². The third kappa shape index (κ3) is 3.20. The molecule has 0 aromatic heterocycles. The summed E-state index contributed by atoms with van der Waals surface area (Å²) in [6, 6.07) is 6.14. The molecule has 0 saturated carbocycles. The number of carbonyl (C=O) groups is 1. The summed E-state index contributed by atoms with van der Waals surface area (Å²) in [7, 11) is 0. The first-order valence-electron chi connectivity index (χ1n) is 6.09. The van der Waals surface area contributed by atoms with E-state index >= 15 is 0 Å². The molecule has 1 aliphatic rings. The normalized spacial score (nSPS) is 19.1. The topological polar surface area (TPSA) is 55.6 Å². The number of benzene rings is 1. The van der Waals surface area contributed by atoms with Gasteiger partial charge in [-0.1, -0.05) is 12.1 Å². The van der Waals surface area contributed by atoms with E-state index in [-0.39, 0.29) is 18.0 Å². The number of cyclic esters (lactones) is 1. The van der Waals surface area contributed by atoms with Crippen molar-refractivity contribution in [3.8, 4) is 0 Å². The first-order valence-corrected chi connectivity index (χ1v) is 6.09. The van der Waals surface area contributed by atoms with E-state index < -0.39 is 0 Å². The summed E-state index contributed by atoms with van der Waals surface area (Å²) in [5.41, 5.74) is 6.32. The van der Waals surface area contributed by atoms with Crippen molar-refractivity contribution in [1.82, 2.24) is 4.90 Å². The molecule has 0 spiro atoms. The summed E-state index contributed by atoms with van der Waals surface area (Å²) in [5.74, 6) is -0.274. The van der Waals surface area contributed by atoms with Crippen LogP contribution in [0.15, 0.2) is 24.3 Å². The Hall–Kier alpha value is -1.62. The molecule has 2 rings (SSSR count). The van der Waals surface area contributed by atoms with E-state index in [0.29, 0.717) is 19.6 Å². The van der Waals surface area contributed by atoms with Gasteiger partial charge in [-0.25, -0.2) is 9.18 Å². The van der Waals surface area contributed by atoms with Gasteiger partial charge in [0.1, 0.15) is 11.9 Å². The van der Waals surface area contributed by atoms with Crippen molar-refractivity contribution in [2.24, 2.45) is 5.73 Å². The zero-order valence-electron chi connectivity index (χ0n) is 10.1. The van der Waals surface area contributed by atoms with Gasteiger partial charge < -0.3 is 15.4 Å². The molecule has 5 heteroatoms. The number of amides is 1. The van der Waals surface area contributed by atoms with E-state index in [1.54, 1.807) is 17.0 Å². The van der Waals surface area contributed by atoms with Crippen LogP contribution in [0.4, 0.5) is 9.18 Å². The Bertz CT molecular complexity index is 408. The summed E-state index contributed by atoms with van der Waals surface area (Å²) in [5, 5.41) is 0. The minimum absolute atomic E-state index is 0.0681. The maximum absolute atomic E-state index is 12.8. The van der Waals surface area contributed by atoms with Crippen LogP contribution in [0.3, 0.4) is 0 Å². The van der Waals surface area contributed by atoms with Crippen LogP contribution in [0.1, 0.15) is 18.4 Å². The van der Waals surface area contributed by atoms with Gasteiger partial charge in [-0.15, -0.1) is 0 Å². The van der Waals surface area contributed by atoms with Gasteiger partial charge in [-0.3, -0.25) is 0 Å². The predicted octanol–water partition coefficient (Wildman–Crippen LogP) is 1.89. The number of nitrogens with two attached hydrogens (primary N) is 1. The minimum atomic E-state index is -0.304. The van der Waals surface area contributed by atoms with Crippen molar-refractivity contribution in [2.75, 3.05) is 13.1 Å². The Morgan fingerprint density at radius 3 is 2.78 bits per heavy atom. The van der Waals surface area contributed by atoms with Crippen molar-refractivity contribution in [1.29, 1.82) is 0 Å². The first-order chi connectivity index (χ1) is 8.69. The van der Waals surface area contributed by atoms with Gasteiger partial charge in [0.2, 0.25) is 0 Å². The highest BCUT2D eigenvalue weighted by Gasteiger charge is 2.30. The molecule has 2 N–H and O–H groups in total. The van der Waals surface area contributed by atoms with Crippen LogP contribution in [0, 0.1) is 5.82 Å². The van der Waals surface area contributed by atoms with E-state index in [1.165, 1.54) is 12.1 Å². The Labute approximate surface area is 106 Å². The zero-order valence-corrected chi connectivity index (χ0v) is 10.1. The van der Waals surface area contributed by atoms with Crippen LogP contribution in [-0.4, -0.2) is 30.2 Å². The standard InChI is InChI=1S/C13H17FN2O2/c14-11-5-3-10(4-6-11)8-16-9-12(2-1-7-15)18-13(16)17/h3-6,12H,1-2,7-9,15H2. The lowest BCUT2D eigenvalue weighted by Crippen LogP contribution is -2.24. The molecule has 1 aromatic rings. The quantitative estimate of drug-likeness (QED) is 0.870. The fraction of sp³-hybridized carbons (Fsp3) is 0.462. The van der Waals surface area contributed by atoms with E-state index in [0.717, 1.165) is 18.4 Å². The number of ether oxygens (including phenoxy) is 1. The van der Waals surface area contributed by atoms with Gasteiger partial charge in [0.15, 0.2) is 0 Å². The van der Waals surface area contributed by atoms with Crippen LogP contribution in [0.2, 0.25) is 0 Å². The third-order valence-corrected chi connectivity index (χ3v) is 2.97. The number of carbonyl (C=O) groups excluding carboxylic acids is 1. The highest BCUT2D eigenvalue weighted by atomic mass is 19.1. The van der Waals surface area contributed by atoms with E-state index in [4.69, 9.17) is 10.5 Å². The smallest absolute Gasteiger partial charge is 0.410 e. The Kier molecular flexibility index (Phi) is 4.15. The van der Waals surface area contributed by atoms with Gasteiger partial charge in [0, 0.05) is 6.54 Å². The van der Waals surface area contributed by atoms with Crippen LogP contribution in [-0.2, 0) is 11.3 Å². The zero-order chi connectivity index (χ0) is 13.0. The molecule has 0 radical (unpaired) electrons. The lowest BCUT2D eigenvalue weighted by atomic mass is 10.2. The summed E-state index contributed by atoms with van der Waals surface area (Å²) in [4.78, 5) is 13.3. The van der Waals surface area contributed by atoms with Crippen LogP contribution >= 0.6 is 0 Å². The fourth-order valence-electron chi connectivity index (χ4n) is 2.01. The lowest BCUT2D eigenvalue weighted by molar-refractivity contribution is 0.127. The number of nitrogens with zero attached hydrogens (tertiary/aromatic N) is 1. The molecule has 1 atom stereocenters. The second kappa shape index (κ2) is 5.82. The molecular formula is C13H17FN2O2. The average molecular weight is 252 g/mol. The molecule has 1 amide bonds. The van der Waals surface area contributed by atoms with Crippen LogP contribution in [0.5, 0.6) is 0 Å². The molecule has 98 valence electrons. The molecule has 1 aromatic carbocycles. The molecule has 1 heterocycles. The van der Waals surface area contributed by atoms with Crippen molar-refractivity contribution >= 4 is 6.09 Å². The van der Waals surface area contributed by atoms with Crippen LogP contribution in [0.25, 0.3) is 0 Å². The van der Waals surface area contributed by atoms with Crippen molar-refractivity contribution < 1.29 is 13.9 Å². The monoisotopic (exact) mass is 252 g/mol. The predicted molar refractivity (Wildman–Crippen MR) is 65.4 cm³/mol. The van der Waals surface area contributed by atoms with E-state index in [1.807, 2.05) is 0 Å². The van der Waals surface area contributed by atoms with Gasteiger partial charge in [-0.2, -0.15) is 0 Å². The summed E-state index contributed by atoms with van der Waals surface area (Å²) >= 11 is 0. The molecule has 1 saturated heterocycles. The Morgan fingerprint density at radius 2 is 2.11 bits per heavy atom. The van der Waals surface area contributed by atoms with E-state index in [2.05, 4.69) is 0 Å². The van der Waals surface area contributed by atoms with Crippen molar-refractivity contribution in [3.63, 3.8) is 0 Å². The van der Waals surface area contributed by atoms with Crippen LogP contribution < -0.4 is 5.73 Å². The summed E-state index contributed by atoms with van der Waals surface area (Å²) < 4.78 is 18.0. The van der Waals surface area contributed by atoms with Crippen molar-refractivity contribution in [2.45, 2.75) is 25.5 Å². The average Bonchev–Trinajstić information content (AvgIpc) is 2.70. The van der Waals surface area contributed by atoms with Gasteiger partial charge in [-0.05, 0) is 37.1 Å². The molecule has 1 aliphatic heterocycles. The summed E-state index contributed by atoms with van der Waals surface area (Å²) in [6.07, 6.45) is 1.27. The maximum atomic E-state index is 12.8. The molecule has 0 aliphatic carbocycles. The highest BCUT2D eigenvalue weighted by Crippen LogP contribution is 2.18. The summed E-state index contributed by atoms with van der Waals surface area (Å²) in [6.45, 7) is 1.64. The van der Waals surface area contributed by atoms with E-state index in [9.17, 15) is 9.18 Å². The fourth-order valence-corrected chi connectivity index (χ4v) is 2.01. The molecular weight excluding hydrogens is 235 g/mol. The maximum Gasteiger partial charge on any atom is 0.410 e. The Morgan fingerprint density at radius 1 is 1.39 bits per heavy atom. The lowest BCUT2D eigenvalue weighted by Gasteiger charge is -2.12. The largest absolute Gasteiger partial charge is 0.444 e.